The maximum Gasteiger partial charge on any atom is 0.409 e. The van der Waals surface area contributed by atoms with Crippen molar-refractivity contribution in [3.05, 3.63) is 0 Å². The highest BCUT2D eigenvalue weighted by molar-refractivity contribution is 5.76. The molecule has 3 rings (SSSR count). The van der Waals surface area contributed by atoms with Crippen molar-refractivity contribution in [1.29, 1.82) is 0 Å². The SMILES string of the molecule is CN1CC(CCC(=O)N2CCC3(CC2)OCCO3)OC1=O. The average molecular weight is 298 g/mol. The molecule has 0 aromatic heterocycles. The Morgan fingerprint density at radius 3 is 2.52 bits per heavy atom. The van der Waals surface area contributed by atoms with E-state index in [2.05, 4.69) is 0 Å². The van der Waals surface area contributed by atoms with Crippen molar-refractivity contribution in [2.45, 2.75) is 37.6 Å². The number of likely N-dealkylation sites (tertiary alicyclic amines) is 1. The van der Waals surface area contributed by atoms with Gasteiger partial charge in [0.2, 0.25) is 5.91 Å². The van der Waals surface area contributed by atoms with Crippen LogP contribution in [0.3, 0.4) is 0 Å². The summed E-state index contributed by atoms with van der Waals surface area (Å²) in [6.45, 7) is 3.20. The third-order valence-corrected chi connectivity index (χ3v) is 4.43. The predicted octanol–water partition coefficient (Wildman–Crippen LogP) is 0.583. The van der Waals surface area contributed by atoms with Gasteiger partial charge in [-0.05, 0) is 6.42 Å². The lowest BCUT2D eigenvalue weighted by Gasteiger charge is -2.37. The number of rotatable bonds is 3. The topological polar surface area (TPSA) is 68.3 Å². The van der Waals surface area contributed by atoms with Crippen LogP contribution in [-0.4, -0.2) is 73.6 Å². The molecule has 0 aliphatic carbocycles. The van der Waals surface area contributed by atoms with Gasteiger partial charge in [0, 0.05) is 39.4 Å². The van der Waals surface area contributed by atoms with E-state index in [1.54, 1.807) is 7.05 Å². The molecule has 21 heavy (non-hydrogen) atoms. The lowest BCUT2D eigenvalue weighted by Crippen LogP contribution is -2.47. The van der Waals surface area contributed by atoms with Crippen LogP contribution in [0.1, 0.15) is 25.7 Å². The van der Waals surface area contributed by atoms with Crippen LogP contribution in [0.5, 0.6) is 0 Å². The van der Waals surface area contributed by atoms with Gasteiger partial charge in [-0.1, -0.05) is 0 Å². The van der Waals surface area contributed by atoms with Crippen LogP contribution < -0.4 is 0 Å². The predicted molar refractivity (Wildman–Crippen MR) is 72.6 cm³/mol. The molecule has 3 aliphatic heterocycles. The molecule has 0 aromatic carbocycles. The van der Waals surface area contributed by atoms with Gasteiger partial charge in [-0.2, -0.15) is 0 Å². The molecular formula is C14H22N2O5. The first-order valence-corrected chi connectivity index (χ1v) is 7.55. The van der Waals surface area contributed by atoms with Crippen molar-refractivity contribution >= 4 is 12.0 Å². The highest BCUT2D eigenvalue weighted by Gasteiger charge is 2.40. The van der Waals surface area contributed by atoms with Crippen LogP contribution in [0.25, 0.3) is 0 Å². The second-order valence-electron chi connectivity index (χ2n) is 5.91. The molecule has 1 spiro atoms. The minimum Gasteiger partial charge on any atom is -0.444 e. The summed E-state index contributed by atoms with van der Waals surface area (Å²) in [5.41, 5.74) is 0. The third-order valence-electron chi connectivity index (χ3n) is 4.43. The Balaban J connectivity index is 1.41. The third kappa shape index (κ3) is 3.13. The second-order valence-corrected chi connectivity index (χ2v) is 5.91. The summed E-state index contributed by atoms with van der Waals surface area (Å²) in [4.78, 5) is 26.9. The number of cyclic esters (lactones) is 1. The van der Waals surface area contributed by atoms with Gasteiger partial charge in [0.1, 0.15) is 6.10 Å². The number of carbonyl (C=O) groups excluding carboxylic acids is 2. The number of carbonyl (C=O) groups is 2. The van der Waals surface area contributed by atoms with E-state index < -0.39 is 5.79 Å². The van der Waals surface area contributed by atoms with Crippen LogP contribution >= 0.6 is 0 Å². The summed E-state index contributed by atoms with van der Waals surface area (Å²) in [6.07, 6.45) is 2.01. The molecule has 7 nitrogen and oxygen atoms in total. The Morgan fingerprint density at radius 2 is 1.95 bits per heavy atom. The Labute approximate surface area is 124 Å². The fourth-order valence-corrected chi connectivity index (χ4v) is 3.13. The number of amides is 2. The van der Waals surface area contributed by atoms with Crippen LogP contribution in [0.4, 0.5) is 4.79 Å². The van der Waals surface area contributed by atoms with Gasteiger partial charge < -0.3 is 24.0 Å². The molecule has 3 saturated heterocycles. The smallest absolute Gasteiger partial charge is 0.409 e. The second kappa shape index (κ2) is 5.81. The van der Waals surface area contributed by atoms with Crippen molar-refractivity contribution in [2.75, 3.05) is 39.9 Å². The van der Waals surface area contributed by atoms with Crippen molar-refractivity contribution in [3.63, 3.8) is 0 Å². The molecule has 7 heteroatoms. The first kappa shape index (κ1) is 14.6. The molecular weight excluding hydrogens is 276 g/mol. The van der Waals surface area contributed by atoms with Gasteiger partial charge >= 0.3 is 6.09 Å². The van der Waals surface area contributed by atoms with Crippen LogP contribution in [0.2, 0.25) is 0 Å². The summed E-state index contributed by atoms with van der Waals surface area (Å²) < 4.78 is 16.5. The molecule has 0 saturated carbocycles. The Kier molecular flexibility index (Phi) is 4.03. The van der Waals surface area contributed by atoms with Gasteiger partial charge in [0.25, 0.3) is 0 Å². The van der Waals surface area contributed by atoms with Crippen LogP contribution in [0.15, 0.2) is 0 Å². The van der Waals surface area contributed by atoms with Crippen molar-refractivity contribution < 1.29 is 23.8 Å². The molecule has 1 atom stereocenters. The van der Waals surface area contributed by atoms with E-state index in [4.69, 9.17) is 14.2 Å². The first-order chi connectivity index (χ1) is 10.1. The molecule has 2 amide bonds. The molecule has 118 valence electrons. The normalized spacial score (nSPS) is 28.2. The van der Waals surface area contributed by atoms with Crippen molar-refractivity contribution in [3.8, 4) is 0 Å². The standard InChI is InChI=1S/C14H22N2O5/c1-15-10-11(21-13(15)18)2-3-12(17)16-6-4-14(5-7-16)19-8-9-20-14/h11H,2-10H2,1H3. The Bertz CT molecular complexity index is 412. The minimum atomic E-state index is -0.444. The fourth-order valence-electron chi connectivity index (χ4n) is 3.13. The van der Waals surface area contributed by atoms with Gasteiger partial charge in [0.05, 0.1) is 19.8 Å². The largest absolute Gasteiger partial charge is 0.444 e. The number of hydrogen-bond acceptors (Lipinski definition) is 5. The molecule has 3 fully saturated rings. The summed E-state index contributed by atoms with van der Waals surface area (Å²) in [5, 5.41) is 0. The average Bonchev–Trinajstić information content (AvgIpc) is 3.05. The van der Waals surface area contributed by atoms with E-state index in [9.17, 15) is 9.59 Å². The molecule has 0 bridgehead atoms. The van der Waals surface area contributed by atoms with Crippen LogP contribution in [-0.2, 0) is 19.0 Å². The van der Waals surface area contributed by atoms with Crippen molar-refractivity contribution in [2.24, 2.45) is 0 Å². The van der Waals surface area contributed by atoms with Gasteiger partial charge in [0.15, 0.2) is 5.79 Å². The van der Waals surface area contributed by atoms with Crippen molar-refractivity contribution in [1.82, 2.24) is 9.80 Å². The lowest BCUT2D eigenvalue weighted by atomic mass is 10.0. The summed E-state index contributed by atoms with van der Waals surface area (Å²) in [7, 11) is 1.70. The zero-order valence-electron chi connectivity index (χ0n) is 12.4. The molecule has 3 heterocycles. The van der Waals surface area contributed by atoms with E-state index in [0.717, 1.165) is 12.8 Å². The van der Waals surface area contributed by atoms with E-state index in [1.165, 1.54) is 4.90 Å². The number of piperidine rings is 1. The van der Waals surface area contributed by atoms with Gasteiger partial charge in [-0.25, -0.2) is 4.79 Å². The van der Waals surface area contributed by atoms with E-state index in [-0.39, 0.29) is 18.1 Å². The van der Waals surface area contributed by atoms with Gasteiger partial charge in [-0.3, -0.25) is 4.79 Å². The highest BCUT2D eigenvalue weighted by atomic mass is 16.7. The summed E-state index contributed by atoms with van der Waals surface area (Å²) >= 11 is 0. The summed E-state index contributed by atoms with van der Waals surface area (Å²) in [6, 6.07) is 0. The maximum atomic E-state index is 12.2. The number of nitrogens with zero attached hydrogens (tertiary/aromatic N) is 2. The molecule has 3 aliphatic rings. The van der Waals surface area contributed by atoms with Gasteiger partial charge in [-0.15, -0.1) is 0 Å². The highest BCUT2D eigenvalue weighted by Crippen LogP contribution is 2.31. The fraction of sp³-hybridized carbons (Fsp3) is 0.857. The van der Waals surface area contributed by atoms with E-state index >= 15 is 0 Å². The minimum absolute atomic E-state index is 0.119. The number of likely N-dealkylation sites (N-methyl/N-ethyl adjacent to an activating group) is 1. The molecule has 0 radical (unpaired) electrons. The van der Waals surface area contributed by atoms with E-state index in [1.807, 2.05) is 4.90 Å². The zero-order chi connectivity index (χ0) is 14.9. The number of ether oxygens (including phenoxy) is 3. The maximum absolute atomic E-state index is 12.2. The quantitative estimate of drug-likeness (QED) is 0.762. The monoisotopic (exact) mass is 298 g/mol. The lowest BCUT2D eigenvalue weighted by molar-refractivity contribution is -0.187. The molecule has 0 aromatic rings. The van der Waals surface area contributed by atoms with E-state index in [0.29, 0.717) is 45.7 Å². The Hall–Kier alpha value is -1.34. The molecule has 0 N–H and O–H groups in total. The number of hydrogen-bond donors (Lipinski definition) is 0. The molecule has 1 unspecified atom stereocenters. The van der Waals surface area contributed by atoms with Crippen LogP contribution in [0, 0.1) is 0 Å². The Morgan fingerprint density at radius 1 is 1.29 bits per heavy atom. The summed E-state index contributed by atoms with van der Waals surface area (Å²) in [5.74, 6) is -0.325. The first-order valence-electron chi connectivity index (χ1n) is 7.55. The zero-order valence-corrected chi connectivity index (χ0v) is 12.4.